The van der Waals surface area contributed by atoms with E-state index in [9.17, 15) is 0 Å². The molecule has 0 aromatic carbocycles. The average molecular weight is 277 g/mol. The van der Waals surface area contributed by atoms with Gasteiger partial charge in [0.25, 0.3) is 0 Å². The molecule has 0 aromatic heterocycles. The van der Waals surface area contributed by atoms with Crippen LogP contribution in [0.4, 0.5) is 0 Å². The first-order valence-electron chi connectivity index (χ1n) is 6.08. The number of likely N-dealkylation sites (tertiary alicyclic amines) is 1. The SMILES string of the molecule is CC(CCBr)CCN1CCC(N(C)C)C1. The van der Waals surface area contributed by atoms with E-state index in [1.807, 2.05) is 0 Å². The van der Waals surface area contributed by atoms with Crippen molar-refractivity contribution in [2.45, 2.75) is 32.2 Å². The zero-order chi connectivity index (χ0) is 11.3. The molecule has 1 rings (SSSR count). The Labute approximate surface area is 103 Å². The van der Waals surface area contributed by atoms with Crippen LogP contribution >= 0.6 is 15.9 Å². The first-order valence-corrected chi connectivity index (χ1v) is 7.20. The van der Waals surface area contributed by atoms with Crippen molar-refractivity contribution in [1.29, 1.82) is 0 Å². The number of rotatable bonds is 6. The topological polar surface area (TPSA) is 6.48 Å². The lowest BCUT2D eigenvalue weighted by molar-refractivity contribution is 0.258. The minimum atomic E-state index is 0.788. The van der Waals surface area contributed by atoms with E-state index in [-0.39, 0.29) is 0 Å². The zero-order valence-corrected chi connectivity index (χ0v) is 12.0. The third kappa shape index (κ3) is 4.83. The quantitative estimate of drug-likeness (QED) is 0.688. The molecule has 0 aromatic rings. The van der Waals surface area contributed by atoms with Crippen molar-refractivity contribution in [3.05, 3.63) is 0 Å². The lowest BCUT2D eigenvalue weighted by atomic mass is 10.1. The number of alkyl halides is 1. The van der Waals surface area contributed by atoms with Crippen LogP contribution in [0.25, 0.3) is 0 Å². The van der Waals surface area contributed by atoms with Gasteiger partial charge in [0, 0.05) is 17.9 Å². The van der Waals surface area contributed by atoms with Crippen LogP contribution in [0, 0.1) is 5.92 Å². The fourth-order valence-corrected chi connectivity index (χ4v) is 2.95. The number of hydrogen-bond donors (Lipinski definition) is 0. The predicted octanol–water partition coefficient (Wildman–Crippen LogP) is 2.43. The van der Waals surface area contributed by atoms with Crippen molar-refractivity contribution in [2.24, 2.45) is 5.92 Å². The van der Waals surface area contributed by atoms with Gasteiger partial charge in [-0.05, 0) is 52.4 Å². The fourth-order valence-electron chi connectivity index (χ4n) is 2.17. The molecule has 2 atom stereocenters. The van der Waals surface area contributed by atoms with Gasteiger partial charge in [-0.2, -0.15) is 0 Å². The fraction of sp³-hybridized carbons (Fsp3) is 1.00. The van der Waals surface area contributed by atoms with Crippen LogP contribution < -0.4 is 0 Å². The van der Waals surface area contributed by atoms with Crippen molar-refractivity contribution in [1.82, 2.24) is 9.80 Å². The average Bonchev–Trinajstić information content (AvgIpc) is 2.63. The molecule has 0 aliphatic carbocycles. The molecule has 1 aliphatic heterocycles. The van der Waals surface area contributed by atoms with Gasteiger partial charge in [0.15, 0.2) is 0 Å². The molecule has 1 saturated heterocycles. The Kier molecular flexibility index (Phi) is 6.17. The van der Waals surface area contributed by atoms with E-state index in [4.69, 9.17) is 0 Å². The molecule has 1 fully saturated rings. The summed E-state index contributed by atoms with van der Waals surface area (Å²) in [5.74, 6) is 0.864. The Hall–Kier alpha value is 0.400. The van der Waals surface area contributed by atoms with Gasteiger partial charge in [0.1, 0.15) is 0 Å². The van der Waals surface area contributed by atoms with Gasteiger partial charge in [-0.1, -0.05) is 22.9 Å². The minimum Gasteiger partial charge on any atom is -0.305 e. The van der Waals surface area contributed by atoms with E-state index < -0.39 is 0 Å². The Morgan fingerprint density at radius 3 is 2.67 bits per heavy atom. The Morgan fingerprint density at radius 1 is 1.40 bits per heavy atom. The second kappa shape index (κ2) is 6.87. The van der Waals surface area contributed by atoms with E-state index in [1.165, 1.54) is 38.9 Å². The Bertz CT molecular complexity index is 173. The summed E-state index contributed by atoms with van der Waals surface area (Å²) in [4.78, 5) is 4.98. The smallest absolute Gasteiger partial charge is 0.0229 e. The first-order chi connectivity index (χ1) is 7.13. The molecule has 1 heterocycles. The summed E-state index contributed by atoms with van der Waals surface area (Å²) >= 11 is 3.51. The second-order valence-electron chi connectivity index (χ2n) is 5.08. The molecular weight excluding hydrogens is 252 g/mol. The normalized spacial score (nSPS) is 25.0. The summed E-state index contributed by atoms with van der Waals surface area (Å²) < 4.78 is 0. The van der Waals surface area contributed by atoms with E-state index in [0.717, 1.165) is 17.3 Å². The van der Waals surface area contributed by atoms with E-state index >= 15 is 0 Å². The van der Waals surface area contributed by atoms with Crippen molar-refractivity contribution in [2.75, 3.05) is 39.1 Å². The van der Waals surface area contributed by atoms with Crippen LogP contribution in [0.5, 0.6) is 0 Å². The highest BCUT2D eigenvalue weighted by atomic mass is 79.9. The molecule has 0 saturated carbocycles. The molecule has 0 radical (unpaired) electrons. The predicted molar refractivity (Wildman–Crippen MR) is 70.7 cm³/mol. The molecule has 90 valence electrons. The monoisotopic (exact) mass is 276 g/mol. The minimum absolute atomic E-state index is 0.788. The van der Waals surface area contributed by atoms with Crippen LogP contribution in [0.3, 0.4) is 0 Å². The van der Waals surface area contributed by atoms with Gasteiger partial charge in [0.05, 0.1) is 0 Å². The Balaban J connectivity index is 2.13. The van der Waals surface area contributed by atoms with Crippen LogP contribution in [-0.4, -0.2) is 54.9 Å². The molecule has 1 aliphatic rings. The van der Waals surface area contributed by atoms with Gasteiger partial charge >= 0.3 is 0 Å². The van der Waals surface area contributed by atoms with Crippen molar-refractivity contribution >= 4 is 15.9 Å². The van der Waals surface area contributed by atoms with Gasteiger partial charge in [-0.3, -0.25) is 0 Å². The lowest BCUT2D eigenvalue weighted by Gasteiger charge is -2.21. The maximum Gasteiger partial charge on any atom is 0.0229 e. The van der Waals surface area contributed by atoms with Gasteiger partial charge < -0.3 is 9.80 Å². The van der Waals surface area contributed by atoms with Crippen molar-refractivity contribution in [3.63, 3.8) is 0 Å². The summed E-state index contributed by atoms with van der Waals surface area (Å²) in [6, 6.07) is 0.788. The molecule has 2 unspecified atom stereocenters. The highest BCUT2D eigenvalue weighted by molar-refractivity contribution is 9.09. The summed E-state index contributed by atoms with van der Waals surface area (Å²) in [5, 5.41) is 1.15. The number of likely N-dealkylation sites (N-methyl/N-ethyl adjacent to an activating group) is 1. The number of halogens is 1. The third-order valence-electron chi connectivity index (χ3n) is 3.52. The van der Waals surface area contributed by atoms with Crippen LogP contribution in [-0.2, 0) is 0 Å². The largest absolute Gasteiger partial charge is 0.305 e. The maximum absolute atomic E-state index is 3.51. The first kappa shape index (κ1) is 13.5. The highest BCUT2D eigenvalue weighted by Gasteiger charge is 2.23. The summed E-state index contributed by atoms with van der Waals surface area (Å²) in [7, 11) is 4.39. The van der Waals surface area contributed by atoms with E-state index in [0.29, 0.717) is 0 Å². The van der Waals surface area contributed by atoms with Gasteiger partial charge in [-0.25, -0.2) is 0 Å². The van der Waals surface area contributed by atoms with E-state index in [2.05, 4.69) is 46.7 Å². The van der Waals surface area contributed by atoms with Crippen LogP contribution in [0.15, 0.2) is 0 Å². The van der Waals surface area contributed by atoms with Crippen molar-refractivity contribution < 1.29 is 0 Å². The molecule has 0 spiro atoms. The molecular formula is C12H25BrN2. The second-order valence-corrected chi connectivity index (χ2v) is 5.87. The lowest BCUT2D eigenvalue weighted by Crippen LogP contribution is -2.32. The molecule has 3 heteroatoms. The molecule has 0 N–H and O–H groups in total. The summed E-state index contributed by atoms with van der Waals surface area (Å²) in [6.45, 7) is 6.22. The van der Waals surface area contributed by atoms with Crippen LogP contribution in [0.1, 0.15) is 26.2 Å². The Morgan fingerprint density at radius 2 is 2.13 bits per heavy atom. The van der Waals surface area contributed by atoms with E-state index in [1.54, 1.807) is 0 Å². The van der Waals surface area contributed by atoms with Crippen LogP contribution in [0.2, 0.25) is 0 Å². The number of nitrogens with zero attached hydrogens (tertiary/aromatic N) is 2. The molecule has 15 heavy (non-hydrogen) atoms. The molecule has 0 amide bonds. The third-order valence-corrected chi connectivity index (χ3v) is 3.98. The standard InChI is InChI=1S/C12H25BrN2/c1-11(4-7-13)5-8-15-9-6-12(10-15)14(2)3/h11-12H,4-10H2,1-3H3. The summed E-state index contributed by atoms with van der Waals surface area (Å²) in [6.07, 6.45) is 4.01. The summed E-state index contributed by atoms with van der Waals surface area (Å²) in [5.41, 5.74) is 0. The molecule has 0 bridgehead atoms. The van der Waals surface area contributed by atoms with Gasteiger partial charge in [-0.15, -0.1) is 0 Å². The maximum atomic E-state index is 3.51. The van der Waals surface area contributed by atoms with Crippen molar-refractivity contribution in [3.8, 4) is 0 Å². The van der Waals surface area contributed by atoms with Gasteiger partial charge in [0.2, 0.25) is 0 Å². The highest BCUT2D eigenvalue weighted by Crippen LogP contribution is 2.16. The molecule has 2 nitrogen and oxygen atoms in total. The zero-order valence-electron chi connectivity index (χ0n) is 10.4. The number of hydrogen-bond acceptors (Lipinski definition) is 2.